The van der Waals surface area contributed by atoms with E-state index < -0.39 is 0 Å². The zero-order valence-electron chi connectivity index (χ0n) is 9.22. The number of hydrogen-bond acceptors (Lipinski definition) is 1. The lowest BCUT2D eigenvalue weighted by Gasteiger charge is -2.24. The van der Waals surface area contributed by atoms with Gasteiger partial charge >= 0.3 is 0 Å². The zero-order valence-corrected chi connectivity index (χ0v) is 9.22. The number of rotatable bonds is 2. The molecule has 0 bridgehead atoms. The van der Waals surface area contributed by atoms with Crippen LogP contribution in [-0.2, 0) is 0 Å². The minimum absolute atomic E-state index is 0.145. The molecule has 1 aromatic carbocycles. The van der Waals surface area contributed by atoms with Crippen molar-refractivity contribution in [3.05, 3.63) is 29.6 Å². The van der Waals surface area contributed by atoms with Gasteiger partial charge in [-0.3, -0.25) is 0 Å². The number of halogens is 1. The molecule has 15 heavy (non-hydrogen) atoms. The second-order valence-electron chi connectivity index (χ2n) is 4.50. The second kappa shape index (κ2) is 4.65. The summed E-state index contributed by atoms with van der Waals surface area (Å²) in [5.74, 6) is -0.145. The third-order valence-corrected chi connectivity index (χ3v) is 3.02. The lowest BCUT2D eigenvalue weighted by molar-refractivity contribution is 0.462. The van der Waals surface area contributed by atoms with Crippen molar-refractivity contribution in [3.63, 3.8) is 0 Å². The average Bonchev–Trinajstić information content (AvgIpc) is 2.17. The topological polar surface area (TPSA) is 12.0 Å². The van der Waals surface area contributed by atoms with Crippen LogP contribution in [0.3, 0.4) is 0 Å². The molecule has 1 saturated carbocycles. The van der Waals surface area contributed by atoms with Gasteiger partial charge in [-0.05, 0) is 43.5 Å². The molecular formula is C13H18FN. The van der Waals surface area contributed by atoms with E-state index in [1.54, 1.807) is 12.1 Å². The van der Waals surface area contributed by atoms with Gasteiger partial charge in [0.25, 0.3) is 0 Å². The van der Waals surface area contributed by atoms with E-state index in [4.69, 9.17) is 0 Å². The molecule has 1 N–H and O–H groups in total. The Morgan fingerprint density at radius 1 is 1.13 bits per heavy atom. The normalized spacial score (nSPS) is 17.7. The molecular weight excluding hydrogens is 189 g/mol. The summed E-state index contributed by atoms with van der Waals surface area (Å²) in [6.07, 6.45) is 6.38. The lowest BCUT2D eigenvalue weighted by atomic mass is 9.95. The first-order chi connectivity index (χ1) is 7.24. The predicted molar refractivity (Wildman–Crippen MR) is 61.6 cm³/mol. The SMILES string of the molecule is Cc1cc(F)cc(NC2CCCCC2)c1. The quantitative estimate of drug-likeness (QED) is 0.776. The van der Waals surface area contributed by atoms with Crippen molar-refractivity contribution in [1.29, 1.82) is 0 Å². The summed E-state index contributed by atoms with van der Waals surface area (Å²) in [4.78, 5) is 0. The van der Waals surface area contributed by atoms with Crippen LogP contribution in [0.1, 0.15) is 37.7 Å². The standard InChI is InChI=1S/C13H18FN/c1-10-7-11(14)9-13(8-10)15-12-5-3-2-4-6-12/h7-9,12,15H,2-6H2,1H3. The van der Waals surface area contributed by atoms with Crippen LogP contribution in [0.5, 0.6) is 0 Å². The summed E-state index contributed by atoms with van der Waals surface area (Å²) in [5.41, 5.74) is 1.91. The molecule has 0 radical (unpaired) electrons. The lowest BCUT2D eigenvalue weighted by Crippen LogP contribution is -2.22. The first-order valence-electron chi connectivity index (χ1n) is 5.78. The average molecular weight is 207 g/mol. The first kappa shape index (κ1) is 10.5. The van der Waals surface area contributed by atoms with Crippen molar-refractivity contribution in [2.24, 2.45) is 0 Å². The number of anilines is 1. The van der Waals surface area contributed by atoms with E-state index in [9.17, 15) is 4.39 Å². The highest BCUT2D eigenvalue weighted by Gasteiger charge is 2.13. The number of aryl methyl sites for hydroxylation is 1. The highest BCUT2D eigenvalue weighted by molar-refractivity contribution is 5.46. The fourth-order valence-corrected chi connectivity index (χ4v) is 2.30. The molecule has 0 amide bonds. The van der Waals surface area contributed by atoms with E-state index >= 15 is 0 Å². The summed E-state index contributed by atoms with van der Waals surface area (Å²) >= 11 is 0. The molecule has 2 heteroatoms. The van der Waals surface area contributed by atoms with Gasteiger partial charge in [0.05, 0.1) is 0 Å². The van der Waals surface area contributed by atoms with Crippen molar-refractivity contribution >= 4 is 5.69 Å². The van der Waals surface area contributed by atoms with Crippen molar-refractivity contribution in [1.82, 2.24) is 0 Å². The molecule has 0 unspecified atom stereocenters. The smallest absolute Gasteiger partial charge is 0.125 e. The maximum atomic E-state index is 13.1. The van der Waals surface area contributed by atoms with Crippen LogP contribution in [0.15, 0.2) is 18.2 Å². The Kier molecular flexibility index (Phi) is 3.24. The third-order valence-electron chi connectivity index (χ3n) is 3.02. The van der Waals surface area contributed by atoms with Gasteiger partial charge in [-0.25, -0.2) is 4.39 Å². The van der Waals surface area contributed by atoms with Crippen molar-refractivity contribution < 1.29 is 4.39 Å². The van der Waals surface area contributed by atoms with E-state index in [2.05, 4.69) is 5.32 Å². The molecule has 0 aromatic heterocycles. The summed E-state index contributed by atoms with van der Waals surface area (Å²) in [7, 11) is 0. The number of nitrogens with one attached hydrogen (secondary N) is 1. The van der Waals surface area contributed by atoms with Gasteiger partial charge in [0.1, 0.15) is 5.82 Å². The molecule has 0 saturated heterocycles. The van der Waals surface area contributed by atoms with Crippen molar-refractivity contribution in [2.45, 2.75) is 45.1 Å². The Hall–Kier alpha value is -1.05. The summed E-state index contributed by atoms with van der Waals surface area (Å²) in [6.45, 7) is 1.93. The van der Waals surface area contributed by atoms with Gasteiger partial charge in [0.15, 0.2) is 0 Å². The molecule has 1 fully saturated rings. The van der Waals surface area contributed by atoms with Crippen LogP contribution in [0, 0.1) is 12.7 Å². The molecule has 0 heterocycles. The summed E-state index contributed by atoms with van der Waals surface area (Å²) < 4.78 is 13.1. The predicted octanol–water partition coefficient (Wildman–Crippen LogP) is 3.88. The largest absolute Gasteiger partial charge is 0.382 e. The van der Waals surface area contributed by atoms with Crippen LogP contribution in [0.4, 0.5) is 10.1 Å². The summed E-state index contributed by atoms with van der Waals surface area (Å²) in [6, 6.07) is 5.70. The van der Waals surface area contributed by atoms with E-state index in [-0.39, 0.29) is 5.82 Å². The van der Waals surface area contributed by atoms with Crippen LogP contribution in [0.25, 0.3) is 0 Å². The van der Waals surface area contributed by atoms with Crippen molar-refractivity contribution in [3.8, 4) is 0 Å². The maximum Gasteiger partial charge on any atom is 0.125 e. The van der Waals surface area contributed by atoms with Crippen LogP contribution in [-0.4, -0.2) is 6.04 Å². The Bertz CT molecular complexity index is 309. The minimum Gasteiger partial charge on any atom is -0.382 e. The Morgan fingerprint density at radius 3 is 2.53 bits per heavy atom. The Balaban J connectivity index is 2.02. The molecule has 82 valence electrons. The number of hydrogen-bond donors (Lipinski definition) is 1. The van der Waals surface area contributed by atoms with E-state index in [1.807, 2.05) is 13.0 Å². The fraction of sp³-hybridized carbons (Fsp3) is 0.538. The highest BCUT2D eigenvalue weighted by atomic mass is 19.1. The minimum atomic E-state index is -0.145. The van der Waals surface area contributed by atoms with Gasteiger partial charge in [-0.2, -0.15) is 0 Å². The molecule has 1 nitrogen and oxygen atoms in total. The Labute approximate surface area is 90.7 Å². The van der Waals surface area contributed by atoms with E-state index in [1.165, 1.54) is 32.1 Å². The molecule has 1 aliphatic rings. The zero-order chi connectivity index (χ0) is 10.7. The van der Waals surface area contributed by atoms with Gasteiger partial charge in [0, 0.05) is 11.7 Å². The number of benzene rings is 1. The van der Waals surface area contributed by atoms with Crippen LogP contribution in [0.2, 0.25) is 0 Å². The highest BCUT2D eigenvalue weighted by Crippen LogP contribution is 2.22. The molecule has 0 aliphatic heterocycles. The fourth-order valence-electron chi connectivity index (χ4n) is 2.30. The van der Waals surface area contributed by atoms with Gasteiger partial charge in [-0.15, -0.1) is 0 Å². The molecule has 2 rings (SSSR count). The van der Waals surface area contributed by atoms with Crippen LogP contribution < -0.4 is 5.32 Å². The molecule has 0 spiro atoms. The monoisotopic (exact) mass is 207 g/mol. The van der Waals surface area contributed by atoms with Gasteiger partial charge < -0.3 is 5.32 Å². The van der Waals surface area contributed by atoms with E-state index in [0.717, 1.165) is 11.3 Å². The summed E-state index contributed by atoms with van der Waals surface area (Å²) in [5, 5.41) is 3.42. The third kappa shape index (κ3) is 2.95. The molecule has 1 aliphatic carbocycles. The van der Waals surface area contributed by atoms with Gasteiger partial charge in [-0.1, -0.05) is 19.3 Å². The van der Waals surface area contributed by atoms with Crippen molar-refractivity contribution in [2.75, 3.05) is 5.32 Å². The second-order valence-corrected chi connectivity index (χ2v) is 4.50. The Morgan fingerprint density at radius 2 is 1.87 bits per heavy atom. The van der Waals surface area contributed by atoms with Crippen LogP contribution >= 0.6 is 0 Å². The van der Waals surface area contributed by atoms with E-state index in [0.29, 0.717) is 6.04 Å². The maximum absolute atomic E-state index is 13.1. The first-order valence-corrected chi connectivity index (χ1v) is 5.78. The van der Waals surface area contributed by atoms with Gasteiger partial charge in [0.2, 0.25) is 0 Å². The molecule has 0 atom stereocenters. The molecule has 1 aromatic rings.